The fourth-order valence-electron chi connectivity index (χ4n) is 1.04. The van der Waals surface area contributed by atoms with Crippen molar-refractivity contribution in [3.63, 3.8) is 0 Å². The summed E-state index contributed by atoms with van der Waals surface area (Å²) in [5.41, 5.74) is 3.30. The SMILES string of the molecule is C/C(C#N)=C/Cc1ccc(C)cc1. The summed E-state index contributed by atoms with van der Waals surface area (Å²) in [6, 6.07) is 10.5. The van der Waals surface area contributed by atoms with E-state index in [0.717, 1.165) is 12.0 Å². The summed E-state index contributed by atoms with van der Waals surface area (Å²) in [4.78, 5) is 0. The van der Waals surface area contributed by atoms with Crippen LogP contribution in [0.15, 0.2) is 35.9 Å². The van der Waals surface area contributed by atoms with Gasteiger partial charge in [0.15, 0.2) is 0 Å². The second-order valence-corrected chi connectivity index (χ2v) is 3.19. The monoisotopic (exact) mass is 171 g/mol. The zero-order valence-electron chi connectivity index (χ0n) is 8.04. The third-order valence-corrected chi connectivity index (χ3v) is 1.94. The van der Waals surface area contributed by atoms with E-state index >= 15 is 0 Å². The molecule has 0 bridgehead atoms. The summed E-state index contributed by atoms with van der Waals surface area (Å²) in [6.45, 7) is 3.90. The number of nitriles is 1. The summed E-state index contributed by atoms with van der Waals surface area (Å²) < 4.78 is 0. The van der Waals surface area contributed by atoms with Gasteiger partial charge in [0.05, 0.1) is 6.07 Å². The van der Waals surface area contributed by atoms with Crippen LogP contribution < -0.4 is 0 Å². The Hall–Kier alpha value is -1.55. The normalized spacial score (nSPS) is 11.0. The first-order chi connectivity index (χ1) is 6.22. The van der Waals surface area contributed by atoms with Crippen molar-refractivity contribution in [2.45, 2.75) is 20.3 Å². The minimum atomic E-state index is 0.778. The molecule has 1 rings (SSSR count). The van der Waals surface area contributed by atoms with Gasteiger partial charge in [-0.1, -0.05) is 35.9 Å². The summed E-state index contributed by atoms with van der Waals surface area (Å²) in [7, 11) is 0. The molecular formula is C12H13N. The molecule has 13 heavy (non-hydrogen) atoms. The van der Waals surface area contributed by atoms with Crippen LogP contribution in [0.2, 0.25) is 0 Å². The van der Waals surface area contributed by atoms with Crippen LogP contribution in [-0.4, -0.2) is 0 Å². The zero-order valence-corrected chi connectivity index (χ0v) is 8.04. The first-order valence-corrected chi connectivity index (χ1v) is 4.35. The number of rotatable bonds is 2. The van der Waals surface area contributed by atoms with E-state index in [-0.39, 0.29) is 0 Å². The third kappa shape index (κ3) is 3.13. The topological polar surface area (TPSA) is 23.8 Å². The van der Waals surface area contributed by atoms with Gasteiger partial charge in [-0.15, -0.1) is 0 Å². The Morgan fingerprint density at radius 2 is 2.00 bits per heavy atom. The second-order valence-electron chi connectivity index (χ2n) is 3.19. The molecule has 1 nitrogen and oxygen atoms in total. The standard InChI is InChI=1S/C12H13N/c1-10-3-6-12(7-4-10)8-5-11(2)9-13/h3-7H,8H2,1-2H3/b11-5-. The molecule has 1 aromatic rings. The van der Waals surface area contributed by atoms with Crippen LogP contribution in [0.3, 0.4) is 0 Å². The fourth-order valence-corrected chi connectivity index (χ4v) is 1.04. The van der Waals surface area contributed by atoms with Crippen LogP contribution >= 0.6 is 0 Å². The van der Waals surface area contributed by atoms with Crippen LogP contribution in [-0.2, 0) is 6.42 Å². The molecule has 0 unspecified atom stereocenters. The van der Waals surface area contributed by atoms with Crippen molar-refractivity contribution in [3.8, 4) is 6.07 Å². The maximum Gasteiger partial charge on any atom is 0.0940 e. The van der Waals surface area contributed by atoms with Crippen molar-refractivity contribution in [2.24, 2.45) is 0 Å². The maximum atomic E-state index is 8.54. The highest BCUT2D eigenvalue weighted by Gasteiger charge is 1.90. The van der Waals surface area contributed by atoms with Crippen molar-refractivity contribution in [2.75, 3.05) is 0 Å². The summed E-state index contributed by atoms with van der Waals surface area (Å²) >= 11 is 0. The third-order valence-electron chi connectivity index (χ3n) is 1.94. The minimum Gasteiger partial charge on any atom is -0.193 e. The van der Waals surface area contributed by atoms with Gasteiger partial charge < -0.3 is 0 Å². The molecule has 1 aromatic carbocycles. The molecule has 0 aromatic heterocycles. The number of benzene rings is 1. The smallest absolute Gasteiger partial charge is 0.0940 e. The predicted molar refractivity (Wildman–Crippen MR) is 54.3 cm³/mol. The number of hydrogen-bond acceptors (Lipinski definition) is 1. The molecule has 0 N–H and O–H groups in total. The molecule has 0 amide bonds. The molecule has 0 spiro atoms. The van der Waals surface area contributed by atoms with Crippen molar-refractivity contribution < 1.29 is 0 Å². The zero-order chi connectivity index (χ0) is 9.68. The van der Waals surface area contributed by atoms with E-state index in [4.69, 9.17) is 5.26 Å². The van der Waals surface area contributed by atoms with E-state index in [1.165, 1.54) is 11.1 Å². The highest BCUT2D eigenvalue weighted by Crippen LogP contribution is 2.05. The lowest BCUT2D eigenvalue weighted by atomic mass is 10.1. The van der Waals surface area contributed by atoms with Crippen molar-refractivity contribution in [1.82, 2.24) is 0 Å². The lowest BCUT2D eigenvalue weighted by Crippen LogP contribution is -1.82. The largest absolute Gasteiger partial charge is 0.193 e. The van der Waals surface area contributed by atoms with Gasteiger partial charge in [0, 0.05) is 5.57 Å². The first kappa shape index (κ1) is 9.54. The van der Waals surface area contributed by atoms with Gasteiger partial charge in [-0.2, -0.15) is 5.26 Å². The summed E-state index contributed by atoms with van der Waals surface area (Å²) in [5.74, 6) is 0. The van der Waals surface area contributed by atoms with Crippen LogP contribution in [0, 0.1) is 18.3 Å². The fraction of sp³-hybridized carbons (Fsp3) is 0.250. The molecule has 0 aliphatic heterocycles. The molecule has 0 fully saturated rings. The van der Waals surface area contributed by atoms with Gasteiger partial charge in [0.2, 0.25) is 0 Å². The average Bonchev–Trinajstić information content (AvgIpc) is 2.16. The van der Waals surface area contributed by atoms with Gasteiger partial charge in [-0.05, 0) is 25.8 Å². The molecule has 66 valence electrons. The van der Waals surface area contributed by atoms with Gasteiger partial charge in [-0.3, -0.25) is 0 Å². The highest BCUT2D eigenvalue weighted by atomic mass is 14.2. The van der Waals surface area contributed by atoms with Crippen LogP contribution in [0.1, 0.15) is 18.1 Å². The Balaban J connectivity index is 2.67. The Bertz CT molecular complexity index is 338. The lowest BCUT2D eigenvalue weighted by molar-refractivity contribution is 1.23. The lowest BCUT2D eigenvalue weighted by Gasteiger charge is -1.96. The van der Waals surface area contributed by atoms with Crippen molar-refractivity contribution in [3.05, 3.63) is 47.0 Å². The Morgan fingerprint density at radius 1 is 1.38 bits per heavy atom. The first-order valence-electron chi connectivity index (χ1n) is 4.35. The van der Waals surface area contributed by atoms with E-state index in [2.05, 4.69) is 37.3 Å². The number of aryl methyl sites for hydroxylation is 1. The molecule has 1 heteroatoms. The van der Waals surface area contributed by atoms with Gasteiger partial charge >= 0.3 is 0 Å². The van der Waals surface area contributed by atoms with E-state index in [1.807, 2.05) is 13.0 Å². The maximum absolute atomic E-state index is 8.54. The molecular weight excluding hydrogens is 158 g/mol. The molecule has 0 radical (unpaired) electrons. The molecule has 0 atom stereocenters. The van der Waals surface area contributed by atoms with Gasteiger partial charge in [-0.25, -0.2) is 0 Å². The molecule has 0 saturated heterocycles. The number of hydrogen-bond donors (Lipinski definition) is 0. The number of nitrogens with zero attached hydrogens (tertiary/aromatic N) is 1. The Labute approximate surface area is 79.3 Å². The molecule has 0 aliphatic carbocycles. The quantitative estimate of drug-likeness (QED) is 0.627. The van der Waals surface area contributed by atoms with E-state index < -0.39 is 0 Å². The Kier molecular flexibility index (Phi) is 3.28. The molecule has 0 heterocycles. The average molecular weight is 171 g/mol. The van der Waals surface area contributed by atoms with E-state index in [1.54, 1.807) is 0 Å². The second kappa shape index (κ2) is 4.47. The summed E-state index contributed by atoms with van der Waals surface area (Å²) in [6.07, 6.45) is 2.80. The Morgan fingerprint density at radius 3 is 2.54 bits per heavy atom. The highest BCUT2D eigenvalue weighted by molar-refractivity contribution is 5.26. The van der Waals surface area contributed by atoms with Gasteiger partial charge in [0.1, 0.15) is 0 Å². The van der Waals surface area contributed by atoms with E-state index in [0.29, 0.717) is 0 Å². The van der Waals surface area contributed by atoms with Crippen LogP contribution in [0.4, 0.5) is 0 Å². The summed E-state index contributed by atoms with van der Waals surface area (Å²) in [5, 5.41) is 8.54. The minimum absolute atomic E-state index is 0.778. The van der Waals surface area contributed by atoms with Crippen molar-refractivity contribution in [1.29, 1.82) is 5.26 Å². The van der Waals surface area contributed by atoms with Crippen molar-refractivity contribution >= 4 is 0 Å². The number of allylic oxidation sites excluding steroid dienone is 2. The van der Waals surface area contributed by atoms with Gasteiger partial charge in [0.25, 0.3) is 0 Å². The molecule has 0 aliphatic rings. The molecule has 0 saturated carbocycles. The van der Waals surface area contributed by atoms with Crippen LogP contribution in [0.25, 0.3) is 0 Å². The van der Waals surface area contributed by atoms with Crippen LogP contribution in [0.5, 0.6) is 0 Å². The van der Waals surface area contributed by atoms with E-state index in [9.17, 15) is 0 Å². The predicted octanol–water partition coefficient (Wildman–Crippen LogP) is 3.01.